The normalized spacial score (nSPS) is 11.0. The molecule has 0 aliphatic rings. The summed E-state index contributed by atoms with van der Waals surface area (Å²) in [5, 5.41) is 0. The molecule has 0 bridgehead atoms. The smallest absolute Gasteiger partial charge is 0.193 e. The lowest BCUT2D eigenvalue weighted by Gasteiger charge is -2.10. The maximum Gasteiger partial charge on any atom is 0.193 e. The molecule has 0 amide bonds. The van der Waals surface area contributed by atoms with Crippen molar-refractivity contribution in [1.82, 2.24) is 0 Å². The fraction of sp³-hybridized carbons (Fsp3) is 0.350. The SMILES string of the molecule is CC(C)Cc1cccc(C(=O)c2ccc(OC(C)C)cc2)c1. The summed E-state index contributed by atoms with van der Waals surface area (Å²) in [7, 11) is 0. The molecule has 0 saturated heterocycles. The van der Waals surface area contributed by atoms with Crippen molar-refractivity contribution in [2.45, 2.75) is 40.2 Å². The summed E-state index contributed by atoms with van der Waals surface area (Å²) in [6.45, 7) is 8.34. The van der Waals surface area contributed by atoms with Crippen LogP contribution in [0.15, 0.2) is 48.5 Å². The van der Waals surface area contributed by atoms with E-state index in [9.17, 15) is 4.79 Å². The molecule has 0 saturated carbocycles. The Labute approximate surface area is 133 Å². The van der Waals surface area contributed by atoms with Crippen LogP contribution in [0.3, 0.4) is 0 Å². The molecule has 2 nitrogen and oxygen atoms in total. The monoisotopic (exact) mass is 296 g/mol. The van der Waals surface area contributed by atoms with E-state index in [0.717, 1.165) is 17.7 Å². The summed E-state index contributed by atoms with van der Waals surface area (Å²) in [6.07, 6.45) is 1.12. The molecule has 0 aliphatic carbocycles. The number of ether oxygens (including phenoxy) is 1. The Morgan fingerprint density at radius 3 is 2.23 bits per heavy atom. The third kappa shape index (κ3) is 4.45. The Balaban J connectivity index is 2.17. The zero-order valence-electron chi connectivity index (χ0n) is 13.8. The molecule has 116 valence electrons. The fourth-order valence-corrected chi connectivity index (χ4v) is 2.43. The van der Waals surface area contributed by atoms with Crippen molar-refractivity contribution in [2.75, 3.05) is 0 Å². The van der Waals surface area contributed by atoms with Crippen LogP contribution in [0.2, 0.25) is 0 Å². The van der Waals surface area contributed by atoms with E-state index in [2.05, 4.69) is 19.9 Å². The highest BCUT2D eigenvalue weighted by atomic mass is 16.5. The van der Waals surface area contributed by atoms with Crippen LogP contribution in [-0.4, -0.2) is 11.9 Å². The summed E-state index contributed by atoms with van der Waals surface area (Å²) in [6, 6.07) is 15.3. The van der Waals surface area contributed by atoms with Gasteiger partial charge in [-0.1, -0.05) is 32.0 Å². The summed E-state index contributed by atoms with van der Waals surface area (Å²) >= 11 is 0. The minimum absolute atomic E-state index is 0.0571. The van der Waals surface area contributed by atoms with E-state index >= 15 is 0 Å². The van der Waals surface area contributed by atoms with Gasteiger partial charge >= 0.3 is 0 Å². The average molecular weight is 296 g/mol. The van der Waals surface area contributed by atoms with Crippen molar-refractivity contribution < 1.29 is 9.53 Å². The predicted molar refractivity (Wildman–Crippen MR) is 90.6 cm³/mol. The maximum atomic E-state index is 12.6. The van der Waals surface area contributed by atoms with E-state index in [4.69, 9.17) is 4.74 Å². The Bertz CT molecular complexity index is 624. The molecule has 2 aromatic rings. The first-order chi connectivity index (χ1) is 10.5. The fourth-order valence-electron chi connectivity index (χ4n) is 2.43. The molecule has 0 N–H and O–H groups in total. The average Bonchev–Trinajstić information content (AvgIpc) is 2.46. The summed E-state index contributed by atoms with van der Waals surface area (Å²) in [5.41, 5.74) is 2.65. The molecule has 0 spiro atoms. The maximum absolute atomic E-state index is 12.6. The topological polar surface area (TPSA) is 26.3 Å². The van der Waals surface area contributed by atoms with E-state index in [0.29, 0.717) is 11.5 Å². The first kappa shape index (κ1) is 16.3. The molecule has 0 atom stereocenters. The first-order valence-corrected chi connectivity index (χ1v) is 7.86. The minimum atomic E-state index is 0.0571. The molecule has 0 aromatic heterocycles. The highest BCUT2D eigenvalue weighted by Gasteiger charge is 2.10. The van der Waals surface area contributed by atoms with Gasteiger partial charge < -0.3 is 4.74 Å². The third-order valence-electron chi connectivity index (χ3n) is 3.32. The second-order valence-electron chi connectivity index (χ2n) is 6.32. The van der Waals surface area contributed by atoms with Gasteiger partial charge in [0.25, 0.3) is 0 Å². The number of hydrogen-bond donors (Lipinski definition) is 0. The first-order valence-electron chi connectivity index (χ1n) is 7.86. The predicted octanol–water partition coefficient (Wildman–Crippen LogP) is 4.90. The molecular weight excluding hydrogens is 272 g/mol. The molecule has 2 rings (SSSR count). The molecule has 0 aliphatic heterocycles. The van der Waals surface area contributed by atoms with Crippen molar-refractivity contribution in [3.8, 4) is 5.75 Å². The molecule has 0 heterocycles. The Morgan fingerprint density at radius 1 is 0.955 bits per heavy atom. The number of carbonyl (C=O) groups excluding carboxylic acids is 1. The van der Waals surface area contributed by atoms with E-state index in [-0.39, 0.29) is 11.9 Å². The second-order valence-corrected chi connectivity index (χ2v) is 6.32. The molecule has 0 unspecified atom stereocenters. The zero-order chi connectivity index (χ0) is 16.1. The highest BCUT2D eigenvalue weighted by Crippen LogP contribution is 2.18. The van der Waals surface area contributed by atoms with Gasteiger partial charge in [-0.3, -0.25) is 4.79 Å². The van der Waals surface area contributed by atoms with E-state index in [1.807, 2.05) is 56.3 Å². The van der Waals surface area contributed by atoms with E-state index < -0.39 is 0 Å². The lowest BCUT2D eigenvalue weighted by atomic mass is 9.97. The van der Waals surface area contributed by atoms with Crippen LogP contribution in [0.25, 0.3) is 0 Å². The van der Waals surface area contributed by atoms with Crippen molar-refractivity contribution in [1.29, 1.82) is 0 Å². The number of benzene rings is 2. The van der Waals surface area contributed by atoms with Crippen LogP contribution in [-0.2, 0) is 6.42 Å². The van der Waals surface area contributed by atoms with Crippen LogP contribution in [0.1, 0.15) is 49.2 Å². The van der Waals surface area contributed by atoms with Gasteiger partial charge in [0.15, 0.2) is 5.78 Å². The summed E-state index contributed by atoms with van der Waals surface area (Å²) in [5.74, 6) is 1.43. The number of carbonyl (C=O) groups is 1. The molecule has 0 fully saturated rings. The van der Waals surface area contributed by atoms with Crippen LogP contribution >= 0.6 is 0 Å². The molecule has 0 radical (unpaired) electrons. The van der Waals surface area contributed by atoms with Gasteiger partial charge in [-0.15, -0.1) is 0 Å². The molecule has 22 heavy (non-hydrogen) atoms. The van der Waals surface area contributed by atoms with Crippen molar-refractivity contribution in [2.24, 2.45) is 5.92 Å². The number of rotatable bonds is 6. The van der Waals surface area contributed by atoms with Crippen molar-refractivity contribution >= 4 is 5.78 Å². The van der Waals surface area contributed by atoms with Crippen LogP contribution < -0.4 is 4.74 Å². The highest BCUT2D eigenvalue weighted by molar-refractivity contribution is 6.09. The van der Waals surface area contributed by atoms with Gasteiger partial charge in [0.1, 0.15) is 5.75 Å². The number of ketones is 1. The zero-order valence-corrected chi connectivity index (χ0v) is 13.8. The Morgan fingerprint density at radius 2 is 1.64 bits per heavy atom. The van der Waals surface area contributed by atoms with Crippen molar-refractivity contribution in [3.05, 3.63) is 65.2 Å². The minimum Gasteiger partial charge on any atom is -0.491 e. The Hall–Kier alpha value is -2.09. The summed E-state index contributed by atoms with van der Waals surface area (Å²) < 4.78 is 5.61. The standard InChI is InChI=1S/C20H24O2/c1-14(2)12-16-6-5-7-18(13-16)20(21)17-8-10-19(11-9-17)22-15(3)4/h5-11,13-15H,12H2,1-4H3. The van der Waals surface area contributed by atoms with Crippen LogP contribution in [0.4, 0.5) is 0 Å². The van der Waals surface area contributed by atoms with Gasteiger partial charge in [-0.05, 0) is 62.1 Å². The van der Waals surface area contributed by atoms with E-state index in [1.54, 1.807) is 0 Å². The number of hydrogen-bond acceptors (Lipinski definition) is 2. The molecule has 2 aromatic carbocycles. The van der Waals surface area contributed by atoms with Gasteiger partial charge in [0.05, 0.1) is 6.10 Å². The Kier molecular flexibility index (Phi) is 5.37. The molecule has 2 heteroatoms. The van der Waals surface area contributed by atoms with Gasteiger partial charge in [-0.25, -0.2) is 0 Å². The lowest BCUT2D eigenvalue weighted by Crippen LogP contribution is -2.06. The summed E-state index contributed by atoms with van der Waals surface area (Å²) in [4.78, 5) is 12.6. The quantitative estimate of drug-likeness (QED) is 0.708. The second kappa shape index (κ2) is 7.26. The van der Waals surface area contributed by atoms with Gasteiger partial charge in [0.2, 0.25) is 0 Å². The van der Waals surface area contributed by atoms with Crippen LogP contribution in [0.5, 0.6) is 5.75 Å². The van der Waals surface area contributed by atoms with Gasteiger partial charge in [-0.2, -0.15) is 0 Å². The lowest BCUT2D eigenvalue weighted by molar-refractivity contribution is 0.103. The van der Waals surface area contributed by atoms with E-state index in [1.165, 1.54) is 5.56 Å². The van der Waals surface area contributed by atoms with Crippen molar-refractivity contribution in [3.63, 3.8) is 0 Å². The van der Waals surface area contributed by atoms with Gasteiger partial charge in [0, 0.05) is 11.1 Å². The molecular formula is C20H24O2. The largest absolute Gasteiger partial charge is 0.491 e. The third-order valence-corrected chi connectivity index (χ3v) is 3.32. The van der Waals surface area contributed by atoms with Crippen LogP contribution in [0, 0.1) is 5.92 Å².